The first-order chi connectivity index (χ1) is 5.75. The van der Waals surface area contributed by atoms with E-state index < -0.39 is 0 Å². The van der Waals surface area contributed by atoms with Crippen molar-refractivity contribution in [2.75, 3.05) is 7.05 Å². The second-order valence-corrected chi connectivity index (χ2v) is 3.05. The van der Waals surface area contributed by atoms with Gasteiger partial charge in [-0.15, -0.1) is 0 Å². The molecule has 0 spiro atoms. The summed E-state index contributed by atoms with van der Waals surface area (Å²) in [6.07, 6.45) is -0.365. The zero-order valence-corrected chi connectivity index (χ0v) is 7.57. The maximum absolute atomic E-state index is 9.76. The van der Waals surface area contributed by atoms with E-state index in [2.05, 4.69) is 0 Å². The quantitative estimate of drug-likeness (QED) is 0.666. The molecule has 0 aromatic heterocycles. The fourth-order valence-corrected chi connectivity index (χ4v) is 1.14. The molecule has 2 nitrogen and oxygen atoms in total. The first-order valence-electron chi connectivity index (χ1n) is 4.28. The Hall–Kier alpha value is -0.860. The SMILES string of the molecule is C[NH2+][C@H](C)[C@H](O)c1ccccc1. The van der Waals surface area contributed by atoms with Crippen LogP contribution in [0.1, 0.15) is 18.6 Å². The van der Waals surface area contributed by atoms with Crippen LogP contribution < -0.4 is 5.32 Å². The van der Waals surface area contributed by atoms with Crippen molar-refractivity contribution in [3.63, 3.8) is 0 Å². The van der Waals surface area contributed by atoms with E-state index in [9.17, 15) is 5.11 Å². The largest absolute Gasteiger partial charge is 0.382 e. The summed E-state index contributed by atoms with van der Waals surface area (Å²) < 4.78 is 0. The van der Waals surface area contributed by atoms with Gasteiger partial charge in [-0.3, -0.25) is 0 Å². The van der Waals surface area contributed by atoms with Crippen molar-refractivity contribution in [3.8, 4) is 0 Å². The third-order valence-electron chi connectivity index (χ3n) is 2.16. The molecule has 0 unspecified atom stereocenters. The summed E-state index contributed by atoms with van der Waals surface area (Å²) in [5, 5.41) is 11.8. The van der Waals surface area contributed by atoms with E-state index in [-0.39, 0.29) is 12.1 Å². The summed E-state index contributed by atoms with van der Waals surface area (Å²) in [6, 6.07) is 9.96. The van der Waals surface area contributed by atoms with Crippen LogP contribution in [0.5, 0.6) is 0 Å². The fourth-order valence-electron chi connectivity index (χ4n) is 1.14. The molecule has 12 heavy (non-hydrogen) atoms. The Morgan fingerprint density at radius 3 is 2.33 bits per heavy atom. The van der Waals surface area contributed by atoms with Gasteiger partial charge in [-0.2, -0.15) is 0 Å². The van der Waals surface area contributed by atoms with Gasteiger partial charge in [-0.05, 0) is 12.5 Å². The Labute approximate surface area is 73.2 Å². The van der Waals surface area contributed by atoms with Crippen molar-refractivity contribution in [1.82, 2.24) is 0 Å². The van der Waals surface area contributed by atoms with E-state index in [1.165, 1.54) is 0 Å². The highest BCUT2D eigenvalue weighted by atomic mass is 16.3. The van der Waals surface area contributed by atoms with E-state index >= 15 is 0 Å². The minimum absolute atomic E-state index is 0.215. The van der Waals surface area contributed by atoms with Crippen molar-refractivity contribution in [1.29, 1.82) is 0 Å². The van der Waals surface area contributed by atoms with Crippen LogP contribution in [0.25, 0.3) is 0 Å². The molecule has 3 N–H and O–H groups in total. The number of rotatable bonds is 3. The van der Waals surface area contributed by atoms with Crippen molar-refractivity contribution in [2.24, 2.45) is 0 Å². The van der Waals surface area contributed by atoms with Crippen molar-refractivity contribution >= 4 is 0 Å². The first kappa shape index (κ1) is 9.23. The molecule has 1 rings (SSSR count). The molecule has 0 radical (unpaired) electrons. The van der Waals surface area contributed by atoms with Crippen LogP contribution in [-0.4, -0.2) is 18.2 Å². The minimum atomic E-state index is -0.365. The molecule has 1 aromatic rings. The third kappa shape index (κ3) is 2.06. The molecule has 0 saturated heterocycles. The highest BCUT2D eigenvalue weighted by molar-refractivity contribution is 5.17. The molecule has 0 aliphatic carbocycles. The normalized spacial score (nSPS) is 15.6. The standard InChI is InChI=1S/C10H15NO/c1-8(11-2)10(12)9-6-4-3-5-7-9/h3-8,10-12H,1-2H3/p+1/t8-,10+/m1/s1. The van der Waals surface area contributed by atoms with Gasteiger partial charge in [0, 0.05) is 0 Å². The van der Waals surface area contributed by atoms with Crippen LogP contribution in [0.4, 0.5) is 0 Å². The monoisotopic (exact) mass is 166 g/mol. The van der Waals surface area contributed by atoms with Crippen LogP contribution in [0.3, 0.4) is 0 Å². The first-order valence-corrected chi connectivity index (χ1v) is 4.28. The molecule has 66 valence electrons. The molecule has 0 saturated carbocycles. The van der Waals surface area contributed by atoms with Gasteiger partial charge in [-0.25, -0.2) is 0 Å². The van der Waals surface area contributed by atoms with E-state index in [1.807, 2.05) is 49.6 Å². The van der Waals surface area contributed by atoms with Gasteiger partial charge in [0.1, 0.15) is 12.1 Å². The van der Waals surface area contributed by atoms with Crippen molar-refractivity contribution < 1.29 is 10.4 Å². The predicted octanol–water partition coefficient (Wildman–Crippen LogP) is 0.302. The Kier molecular flexibility index (Phi) is 3.26. The lowest BCUT2D eigenvalue weighted by Gasteiger charge is -2.15. The summed E-state index contributed by atoms with van der Waals surface area (Å²) in [5.41, 5.74) is 0.989. The number of hydrogen-bond acceptors (Lipinski definition) is 1. The number of nitrogens with two attached hydrogens (primary N) is 1. The van der Waals surface area contributed by atoms with Crippen LogP contribution in [-0.2, 0) is 0 Å². The lowest BCUT2D eigenvalue weighted by Crippen LogP contribution is -2.86. The fraction of sp³-hybridized carbons (Fsp3) is 0.400. The van der Waals surface area contributed by atoms with Crippen LogP contribution in [0.2, 0.25) is 0 Å². The molecule has 2 atom stereocenters. The smallest absolute Gasteiger partial charge is 0.130 e. The molecule has 0 fully saturated rings. The number of quaternary nitrogens is 1. The van der Waals surface area contributed by atoms with Crippen LogP contribution in [0.15, 0.2) is 30.3 Å². The van der Waals surface area contributed by atoms with Crippen molar-refractivity contribution in [2.45, 2.75) is 19.1 Å². The lowest BCUT2D eigenvalue weighted by atomic mass is 10.0. The van der Waals surface area contributed by atoms with Gasteiger partial charge in [-0.1, -0.05) is 30.3 Å². The van der Waals surface area contributed by atoms with Crippen LogP contribution >= 0.6 is 0 Å². The summed E-state index contributed by atoms with van der Waals surface area (Å²) in [7, 11) is 1.97. The average Bonchev–Trinajstić information content (AvgIpc) is 2.17. The number of likely N-dealkylation sites (N-methyl/N-ethyl adjacent to an activating group) is 1. The third-order valence-corrected chi connectivity index (χ3v) is 2.16. The Balaban J connectivity index is 2.71. The molecule has 0 aliphatic rings. The van der Waals surface area contributed by atoms with E-state index in [0.717, 1.165) is 5.56 Å². The second kappa shape index (κ2) is 4.24. The summed E-state index contributed by atoms with van der Waals surface area (Å²) >= 11 is 0. The minimum Gasteiger partial charge on any atom is -0.382 e. The Morgan fingerprint density at radius 1 is 1.25 bits per heavy atom. The molecule has 0 bridgehead atoms. The van der Waals surface area contributed by atoms with Gasteiger partial charge in [0.15, 0.2) is 0 Å². The molecule has 0 amide bonds. The lowest BCUT2D eigenvalue weighted by molar-refractivity contribution is -0.669. The molecule has 0 heterocycles. The summed E-state index contributed by atoms with van der Waals surface area (Å²) in [4.78, 5) is 0. The van der Waals surface area contributed by atoms with E-state index in [4.69, 9.17) is 0 Å². The topological polar surface area (TPSA) is 36.8 Å². The van der Waals surface area contributed by atoms with Crippen LogP contribution in [0, 0.1) is 0 Å². The Morgan fingerprint density at radius 2 is 1.83 bits per heavy atom. The maximum Gasteiger partial charge on any atom is 0.130 e. The summed E-state index contributed by atoms with van der Waals surface area (Å²) in [5.74, 6) is 0. The zero-order valence-electron chi connectivity index (χ0n) is 7.57. The second-order valence-electron chi connectivity index (χ2n) is 3.05. The van der Waals surface area contributed by atoms with E-state index in [1.54, 1.807) is 0 Å². The zero-order chi connectivity index (χ0) is 8.97. The van der Waals surface area contributed by atoms with Gasteiger partial charge < -0.3 is 10.4 Å². The van der Waals surface area contributed by atoms with E-state index in [0.29, 0.717) is 0 Å². The predicted molar refractivity (Wildman–Crippen MR) is 48.7 cm³/mol. The van der Waals surface area contributed by atoms with Gasteiger partial charge in [0.25, 0.3) is 0 Å². The molecule has 1 aromatic carbocycles. The van der Waals surface area contributed by atoms with Gasteiger partial charge in [0.05, 0.1) is 7.05 Å². The summed E-state index contributed by atoms with van der Waals surface area (Å²) in [6.45, 7) is 2.01. The average molecular weight is 166 g/mol. The Bertz CT molecular complexity index is 223. The number of aliphatic hydroxyl groups excluding tert-OH is 1. The number of aliphatic hydroxyl groups is 1. The molecule has 2 heteroatoms. The number of benzene rings is 1. The molecular formula is C10H16NO+. The van der Waals surface area contributed by atoms with Gasteiger partial charge >= 0.3 is 0 Å². The number of hydrogen-bond donors (Lipinski definition) is 2. The van der Waals surface area contributed by atoms with Gasteiger partial charge in [0.2, 0.25) is 0 Å². The highest BCUT2D eigenvalue weighted by Gasteiger charge is 2.16. The molecule has 0 aliphatic heterocycles. The maximum atomic E-state index is 9.76. The van der Waals surface area contributed by atoms with Crippen molar-refractivity contribution in [3.05, 3.63) is 35.9 Å². The molecular weight excluding hydrogens is 150 g/mol. The highest BCUT2D eigenvalue weighted by Crippen LogP contribution is 2.13.